The lowest BCUT2D eigenvalue weighted by Crippen LogP contribution is -2.45. The van der Waals surface area contributed by atoms with Crippen molar-refractivity contribution in [2.45, 2.75) is 0 Å². The SMILES string of the molecule is Cl.Cl.Cl.Cl.O=C(O)CN1CCNCCN(CC(=O)O)CCNCC1. The number of aliphatic carboxylic acids is 2. The summed E-state index contributed by atoms with van der Waals surface area (Å²) in [6.45, 7) is 5.60. The van der Waals surface area contributed by atoms with E-state index in [0.717, 1.165) is 0 Å². The first-order valence-electron chi connectivity index (χ1n) is 6.87. The highest BCUT2D eigenvalue weighted by atomic mass is 35.5. The molecule has 0 unspecified atom stereocenters. The molecular formula is C12H28Cl4N4O4. The predicted octanol–water partition coefficient (Wildman–Crippen LogP) is -0.360. The topological polar surface area (TPSA) is 105 Å². The number of nitrogens with zero attached hydrogens (tertiary/aromatic N) is 2. The van der Waals surface area contributed by atoms with Gasteiger partial charge in [0.25, 0.3) is 0 Å². The van der Waals surface area contributed by atoms with Gasteiger partial charge in [-0.15, -0.1) is 49.6 Å². The summed E-state index contributed by atoms with van der Waals surface area (Å²) in [6, 6.07) is 0. The Hall–Kier alpha value is -0.0600. The summed E-state index contributed by atoms with van der Waals surface area (Å²) in [6.07, 6.45) is 0. The fourth-order valence-electron chi connectivity index (χ4n) is 2.12. The molecule has 0 bridgehead atoms. The van der Waals surface area contributed by atoms with Crippen LogP contribution in [0.1, 0.15) is 0 Å². The van der Waals surface area contributed by atoms with Gasteiger partial charge in [-0.2, -0.15) is 0 Å². The fourth-order valence-corrected chi connectivity index (χ4v) is 2.12. The van der Waals surface area contributed by atoms with Crippen molar-refractivity contribution in [3.05, 3.63) is 0 Å². The van der Waals surface area contributed by atoms with Crippen LogP contribution in [0.2, 0.25) is 0 Å². The maximum absolute atomic E-state index is 10.7. The zero-order valence-corrected chi connectivity index (χ0v) is 16.6. The maximum Gasteiger partial charge on any atom is 0.317 e. The third-order valence-corrected chi connectivity index (χ3v) is 3.14. The van der Waals surface area contributed by atoms with Crippen molar-refractivity contribution in [1.82, 2.24) is 20.4 Å². The second-order valence-electron chi connectivity index (χ2n) is 4.84. The molecule has 24 heavy (non-hydrogen) atoms. The number of hydrogen-bond donors (Lipinski definition) is 4. The summed E-state index contributed by atoms with van der Waals surface area (Å²) in [7, 11) is 0. The molecule has 4 N–H and O–H groups in total. The van der Waals surface area contributed by atoms with E-state index in [-0.39, 0.29) is 62.7 Å². The number of halogens is 4. The smallest absolute Gasteiger partial charge is 0.317 e. The number of nitrogens with one attached hydrogen (secondary N) is 2. The Morgan fingerprint density at radius 3 is 1.12 bits per heavy atom. The van der Waals surface area contributed by atoms with Gasteiger partial charge in [-0.25, -0.2) is 0 Å². The van der Waals surface area contributed by atoms with Gasteiger partial charge in [0, 0.05) is 52.4 Å². The molecule has 1 heterocycles. The zero-order valence-electron chi connectivity index (χ0n) is 13.3. The molecule has 0 radical (unpaired) electrons. The lowest BCUT2D eigenvalue weighted by molar-refractivity contribution is -0.139. The van der Waals surface area contributed by atoms with Gasteiger partial charge in [-0.3, -0.25) is 19.4 Å². The molecule has 0 atom stereocenters. The molecule has 1 aliphatic rings. The summed E-state index contributed by atoms with van der Waals surface area (Å²) >= 11 is 0. The Balaban J connectivity index is -0.000000500. The Morgan fingerprint density at radius 1 is 0.667 bits per heavy atom. The van der Waals surface area contributed by atoms with Crippen molar-refractivity contribution in [3.8, 4) is 0 Å². The highest BCUT2D eigenvalue weighted by Gasteiger charge is 2.12. The van der Waals surface area contributed by atoms with Gasteiger partial charge >= 0.3 is 11.9 Å². The van der Waals surface area contributed by atoms with E-state index in [2.05, 4.69) is 10.6 Å². The Bertz CT molecular complexity index is 287. The van der Waals surface area contributed by atoms with Crippen molar-refractivity contribution in [1.29, 1.82) is 0 Å². The molecular weight excluding hydrogens is 406 g/mol. The van der Waals surface area contributed by atoms with Crippen LogP contribution in [-0.4, -0.2) is 97.4 Å². The van der Waals surface area contributed by atoms with E-state index < -0.39 is 11.9 Å². The zero-order chi connectivity index (χ0) is 14.8. The van der Waals surface area contributed by atoms with Crippen LogP contribution < -0.4 is 10.6 Å². The van der Waals surface area contributed by atoms with Gasteiger partial charge in [0.15, 0.2) is 0 Å². The van der Waals surface area contributed by atoms with Crippen LogP contribution >= 0.6 is 49.6 Å². The van der Waals surface area contributed by atoms with Gasteiger partial charge in [0.1, 0.15) is 0 Å². The van der Waals surface area contributed by atoms with Gasteiger partial charge in [0.2, 0.25) is 0 Å². The minimum Gasteiger partial charge on any atom is -0.480 e. The highest BCUT2D eigenvalue weighted by Crippen LogP contribution is 1.90. The summed E-state index contributed by atoms with van der Waals surface area (Å²) in [4.78, 5) is 25.3. The molecule has 0 spiro atoms. The van der Waals surface area contributed by atoms with E-state index >= 15 is 0 Å². The first-order valence-corrected chi connectivity index (χ1v) is 6.87. The molecule has 0 aromatic heterocycles. The third kappa shape index (κ3) is 16.8. The number of carbonyl (C=O) groups is 2. The van der Waals surface area contributed by atoms with Crippen LogP contribution in [-0.2, 0) is 9.59 Å². The van der Waals surface area contributed by atoms with Crippen LogP contribution in [0, 0.1) is 0 Å². The van der Waals surface area contributed by atoms with Gasteiger partial charge in [-0.05, 0) is 0 Å². The predicted molar refractivity (Wildman–Crippen MR) is 103 cm³/mol. The largest absolute Gasteiger partial charge is 0.480 e. The molecule has 0 amide bonds. The fraction of sp³-hybridized carbons (Fsp3) is 0.833. The molecule has 0 aliphatic carbocycles. The molecule has 8 nitrogen and oxygen atoms in total. The number of hydrogen-bond acceptors (Lipinski definition) is 6. The molecule has 1 fully saturated rings. The minimum atomic E-state index is -0.815. The van der Waals surface area contributed by atoms with Crippen LogP contribution in [0.3, 0.4) is 0 Å². The molecule has 1 aliphatic heterocycles. The first kappa shape index (κ1) is 31.7. The van der Waals surface area contributed by atoms with Gasteiger partial charge in [-0.1, -0.05) is 0 Å². The van der Waals surface area contributed by atoms with E-state index in [1.54, 1.807) is 0 Å². The van der Waals surface area contributed by atoms with Crippen LogP contribution in [0.25, 0.3) is 0 Å². The summed E-state index contributed by atoms with van der Waals surface area (Å²) in [5.41, 5.74) is 0. The monoisotopic (exact) mass is 432 g/mol. The number of carboxylic acid groups (broad SMARTS) is 2. The quantitative estimate of drug-likeness (QED) is 0.476. The van der Waals surface area contributed by atoms with E-state index in [4.69, 9.17) is 10.2 Å². The highest BCUT2D eigenvalue weighted by molar-refractivity contribution is 5.86. The van der Waals surface area contributed by atoms with Gasteiger partial charge < -0.3 is 20.8 Å². The van der Waals surface area contributed by atoms with Crippen molar-refractivity contribution in [2.24, 2.45) is 0 Å². The second kappa shape index (κ2) is 19.3. The van der Waals surface area contributed by atoms with Crippen LogP contribution in [0.15, 0.2) is 0 Å². The molecule has 0 aromatic carbocycles. The average molecular weight is 434 g/mol. The normalized spacial score (nSPS) is 17.3. The summed E-state index contributed by atoms with van der Waals surface area (Å²) in [5, 5.41) is 24.1. The molecule has 0 aromatic rings. The molecule has 12 heteroatoms. The Kier molecular flexibility index (Phi) is 25.4. The number of rotatable bonds is 4. The van der Waals surface area contributed by atoms with Crippen molar-refractivity contribution in [3.63, 3.8) is 0 Å². The van der Waals surface area contributed by atoms with E-state index in [1.165, 1.54) is 0 Å². The standard InChI is InChI=1S/C12H24N4O4.4ClH/c17-11(18)9-15-5-1-13-2-6-16(10-12(19)20)8-4-14-3-7-15;;;;/h13-14H,1-10H2,(H,17,18)(H,19,20);4*1H. The van der Waals surface area contributed by atoms with Crippen LogP contribution in [0.5, 0.6) is 0 Å². The summed E-state index contributed by atoms with van der Waals surface area (Å²) < 4.78 is 0. The van der Waals surface area contributed by atoms with Crippen molar-refractivity contribution < 1.29 is 19.8 Å². The molecule has 1 rings (SSSR count). The maximum atomic E-state index is 10.7. The Morgan fingerprint density at radius 2 is 0.917 bits per heavy atom. The van der Waals surface area contributed by atoms with E-state index in [9.17, 15) is 9.59 Å². The van der Waals surface area contributed by atoms with Crippen molar-refractivity contribution in [2.75, 3.05) is 65.4 Å². The van der Waals surface area contributed by atoms with Crippen LogP contribution in [0.4, 0.5) is 0 Å². The molecule has 1 saturated heterocycles. The molecule has 0 saturated carbocycles. The Labute approximate surface area is 167 Å². The number of carboxylic acids is 2. The lowest BCUT2D eigenvalue weighted by atomic mass is 10.3. The van der Waals surface area contributed by atoms with E-state index in [1.807, 2.05) is 9.80 Å². The summed E-state index contributed by atoms with van der Waals surface area (Å²) in [5.74, 6) is -1.63. The average Bonchev–Trinajstić information content (AvgIpc) is 2.33. The van der Waals surface area contributed by atoms with Crippen molar-refractivity contribution >= 4 is 61.6 Å². The first-order chi connectivity index (χ1) is 9.58. The lowest BCUT2D eigenvalue weighted by Gasteiger charge is -2.25. The third-order valence-electron chi connectivity index (χ3n) is 3.14. The minimum absolute atomic E-state index is 0. The van der Waals surface area contributed by atoms with Gasteiger partial charge in [0.05, 0.1) is 13.1 Å². The van der Waals surface area contributed by atoms with E-state index in [0.29, 0.717) is 52.4 Å². The second-order valence-corrected chi connectivity index (χ2v) is 4.84. The molecule has 148 valence electrons.